The van der Waals surface area contributed by atoms with Crippen LogP contribution < -0.4 is 0 Å². The predicted octanol–water partition coefficient (Wildman–Crippen LogP) is 3.22. The van der Waals surface area contributed by atoms with Gasteiger partial charge in [-0.15, -0.1) is 0 Å². The summed E-state index contributed by atoms with van der Waals surface area (Å²) in [5.41, 5.74) is 0. The molecule has 28 heavy (non-hydrogen) atoms. The molecule has 3 rings (SSSR count). The largest absolute Gasteiger partial charge is 0.403 e. The van der Waals surface area contributed by atoms with Gasteiger partial charge in [0.25, 0.3) is 0 Å². The van der Waals surface area contributed by atoms with Gasteiger partial charge < -0.3 is 0 Å². The Morgan fingerprint density at radius 2 is 0.821 bits per heavy atom. The fourth-order valence-electron chi connectivity index (χ4n) is 3.42. The topological polar surface area (TPSA) is 88.6 Å². The van der Waals surface area contributed by atoms with Gasteiger partial charge in [0.15, 0.2) is 0 Å². The van der Waals surface area contributed by atoms with Crippen LogP contribution in [0, 0.1) is 0 Å². The molecule has 3 aliphatic rings. The lowest BCUT2D eigenvalue weighted by molar-refractivity contribution is -0.190. The highest BCUT2D eigenvalue weighted by molar-refractivity contribution is 7.41. The van der Waals surface area contributed by atoms with Gasteiger partial charge in [-0.25, -0.2) is 15.2 Å². The molecule has 3 saturated heterocycles. The maximum absolute atomic E-state index is 12.3. The van der Waals surface area contributed by atoms with Crippen LogP contribution >= 0.6 is 8.60 Å². The number of nitrogens with zero attached hydrogens (tertiary/aromatic N) is 3. The van der Waals surface area contributed by atoms with Gasteiger partial charge in [-0.1, -0.05) is 19.3 Å². The molecular formula is C18H30N3O6P. The normalized spacial score (nSPS) is 23.0. The monoisotopic (exact) mass is 415 g/mol. The van der Waals surface area contributed by atoms with Crippen molar-refractivity contribution in [2.24, 2.45) is 0 Å². The minimum atomic E-state index is -2.13. The van der Waals surface area contributed by atoms with Crippen molar-refractivity contribution in [2.75, 3.05) is 19.6 Å². The van der Waals surface area contributed by atoms with Crippen molar-refractivity contribution in [3.05, 3.63) is 0 Å². The molecule has 0 aromatic rings. The van der Waals surface area contributed by atoms with Crippen molar-refractivity contribution in [1.29, 1.82) is 0 Å². The second-order valence-corrected chi connectivity index (χ2v) is 8.33. The van der Waals surface area contributed by atoms with Crippen molar-refractivity contribution in [2.45, 2.75) is 77.0 Å². The van der Waals surface area contributed by atoms with E-state index < -0.39 is 8.60 Å². The third-order valence-corrected chi connectivity index (χ3v) is 6.08. The summed E-state index contributed by atoms with van der Waals surface area (Å²) in [4.78, 5) is 36.9. The summed E-state index contributed by atoms with van der Waals surface area (Å²) in [6, 6.07) is 0. The number of rotatable bonds is 6. The van der Waals surface area contributed by atoms with Crippen LogP contribution in [0.3, 0.4) is 0 Å². The molecule has 3 amide bonds. The van der Waals surface area contributed by atoms with Crippen LogP contribution in [-0.2, 0) is 28.3 Å². The van der Waals surface area contributed by atoms with Crippen LogP contribution in [0.25, 0.3) is 0 Å². The molecule has 0 aliphatic carbocycles. The van der Waals surface area contributed by atoms with Gasteiger partial charge in [0.1, 0.15) is 0 Å². The molecule has 0 N–H and O–H groups in total. The van der Waals surface area contributed by atoms with Crippen molar-refractivity contribution >= 4 is 26.3 Å². The predicted molar refractivity (Wildman–Crippen MR) is 101 cm³/mol. The Morgan fingerprint density at radius 3 is 1.14 bits per heavy atom. The van der Waals surface area contributed by atoms with E-state index in [4.69, 9.17) is 13.9 Å². The molecule has 9 nitrogen and oxygen atoms in total. The average Bonchev–Trinajstić information content (AvgIpc) is 3.09. The molecule has 0 bridgehead atoms. The lowest BCUT2D eigenvalue weighted by Crippen LogP contribution is -2.36. The molecular weight excluding hydrogens is 385 g/mol. The third-order valence-electron chi connectivity index (χ3n) is 5.09. The van der Waals surface area contributed by atoms with Gasteiger partial charge in [0.05, 0.1) is 0 Å². The van der Waals surface area contributed by atoms with Crippen molar-refractivity contribution < 1.29 is 28.3 Å². The van der Waals surface area contributed by atoms with E-state index in [1.807, 2.05) is 0 Å². The molecule has 0 spiro atoms. The highest BCUT2D eigenvalue weighted by atomic mass is 31.2. The summed E-state index contributed by atoms with van der Waals surface area (Å²) in [5.74, 6) is -0.371. The zero-order valence-corrected chi connectivity index (χ0v) is 17.2. The third kappa shape index (κ3) is 6.37. The molecule has 158 valence electrons. The standard InChI is InChI=1S/C18H30N3O6P/c22-16-10-4-1-7-13-19(16)25-28(26-20-14-8-2-5-11-17(20)23)27-21-15-9-3-6-12-18(21)24/h1-15H2. The molecule has 0 aromatic carbocycles. The highest BCUT2D eigenvalue weighted by Crippen LogP contribution is 2.44. The molecule has 3 fully saturated rings. The van der Waals surface area contributed by atoms with Crippen LogP contribution in [0.5, 0.6) is 0 Å². The Morgan fingerprint density at radius 1 is 0.500 bits per heavy atom. The number of hydrogen-bond donors (Lipinski definition) is 0. The summed E-state index contributed by atoms with van der Waals surface area (Å²) in [7, 11) is -2.13. The Bertz CT molecular complexity index is 487. The second-order valence-electron chi connectivity index (χ2n) is 7.39. The molecule has 0 aromatic heterocycles. The van der Waals surface area contributed by atoms with Gasteiger partial charge >= 0.3 is 8.60 Å². The van der Waals surface area contributed by atoms with Crippen LogP contribution in [0.4, 0.5) is 0 Å². The molecule has 3 aliphatic heterocycles. The first-order valence-corrected chi connectivity index (χ1v) is 11.5. The first-order chi connectivity index (χ1) is 13.6. The van der Waals surface area contributed by atoms with E-state index in [1.165, 1.54) is 15.2 Å². The Kier molecular flexibility index (Phi) is 8.45. The highest BCUT2D eigenvalue weighted by Gasteiger charge is 2.32. The first-order valence-electron chi connectivity index (χ1n) is 10.4. The second kappa shape index (κ2) is 11.0. The Balaban J connectivity index is 1.69. The molecule has 0 saturated carbocycles. The van der Waals surface area contributed by atoms with Crippen LogP contribution in [0.1, 0.15) is 77.0 Å². The zero-order chi connectivity index (χ0) is 19.8. The molecule has 0 unspecified atom stereocenters. The number of hydroxylamine groups is 6. The summed E-state index contributed by atoms with van der Waals surface area (Å²) in [6.45, 7) is 1.35. The smallest absolute Gasteiger partial charge is 0.273 e. The minimum absolute atomic E-state index is 0.124. The minimum Gasteiger partial charge on any atom is -0.273 e. The van der Waals surface area contributed by atoms with Gasteiger partial charge in [-0.3, -0.25) is 14.4 Å². The van der Waals surface area contributed by atoms with Crippen molar-refractivity contribution in [3.8, 4) is 0 Å². The Hall–Kier alpha value is -1.28. The molecule has 3 heterocycles. The summed E-state index contributed by atoms with van der Waals surface area (Å²) < 4.78 is 17.4. The zero-order valence-electron chi connectivity index (χ0n) is 16.3. The van der Waals surface area contributed by atoms with Crippen molar-refractivity contribution in [1.82, 2.24) is 15.2 Å². The quantitative estimate of drug-likeness (QED) is 0.619. The van der Waals surface area contributed by atoms with E-state index in [-0.39, 0.29) is 17.7 Å². The van der Waals surface area contributed by atoms with Gasteiger partial charge in [0, 0.05) is 38.9 Å². The summed E-state index contributed by atoms with van der Waals surface area (Å²) in [6.07, 6.45) is 9.09. The van der Waals surface area contributed by atoms with Gasteiger partial charge in [-0.2, -0.15) is 13.9 Å². The maximum Gasteiger partial charge on any atom is 0.403 e. The Labute approximate surface area is 167 Å². The van der Waals surface area contributed by atoms with E-state index in [9.17, 15) is 14.4 Å². The number of amides is 3. The molecule has 10 heteroatoms. The van der Waals surface area contributed by atoms with E-state index >= 15 is 0 Å². The fourth-order valence-corrected chi connectivity index (χ4v) is 4.51. The SMILES string of the molecule is O=C1CCCCCN1OP(ON1CCCCCC1=O)ON1CCCCCC1=O. The maximum atomic E-state index is 12.3. The number of carbonyl (C=O) groups is 3. The molecule has 0 radical (unpaired) electrons. The number of hydrogen-bond acceptors (Lipinski definition) is 6. The van der Waals surface area contributed by atoms with Crippen LogP contribution in [0.15, 0.2) is 0 Å². The van der Waals surface area contributed by atoms with E-state index in [1.54, 1.807) is 0 Å². The van der Waals surface area contributed by atoms with E-state index in [0.717, 1.165) is 57.8 Å². The van der Waals surface area contributed by atoms with Crippen molar-refractivity contribution in [3.63, 3.8) is 0 Å². The van der Waals surface area contributed by atoms with Gasteiger partial charge in [0.2, 0.25) is 17.7 Å². The van der Waals surface area contributed by atoms with E-state index in [2.05, 4.69) is 0 Å². The average molecular weight is 415 g/mol. The molecule has 0 atom stereocenters. The summed E-state index contributed by atoms with van der Waals surface area (Å²) >= 11 is 0. The van der Waals surface area contributed by atoms with E-state index in [0.29, 0.717) is 38.9 Å². The van der Waals surface area contributed by atoms with Crippen LogP contribution in [0.2, 0.25) is 0 Å². The fraction of sp³-hybridized carbons (Fsp3) is 0.833. The summed E-state index contributed by atoms with van der Waals surface area (Å²) in [5, 5.41) is 3.84. The van der Waals surface area contributed by atoms with Crippen LogP contribution in [-0.4, -0.2) is 52.5 Å². The number of carbonyl (C=O) groups excluding carboxylic acids is 3. The first kappa shape index (κ1) is 21.4. The van der Waals surface area contributed by atoms with Gasteiger partial charge in [-0.05, 0) is 38.5 Å². The lowest BCUT2D eigenvalue weighted by Gasteiger charge is -2.30. The lowest BCUT2D eigenvalue weighted by atomic mass is 10.2.